The Morgan fingerprint density at radius 2 is 1.36 bits per heavy atom. The number of hydrogen-bond acceptors (Lipinski definition) is 4. The highest BCUT2D eigenvalue weighted by atomic mass is 16.4. The molecule has 0 fully saturated rings. The van der Waals surface area contributed by atoms with Gasteiger partial charge in [-0.1, -0.05) is 12.2 Å². The monoisotopic (exact) mass is 202 g/mol. The molecule has 0 radical (unpaired) electrons. The molecule has 0 aliphatic rings. The smallest absolute Gasteiger partial charge is 0.128 e. The Bertz CT molecular complexity index is 228. The van der Waals surface area contributed by atoms with Crippen molar-refractivity contribution in [1.29, 1.82) is 0 Å². The van der Waals surface area contributed by atoms with E-state index in [0.717, 1.165) is 0 Å². The molecule has 0 saturated heterocycles. The topological polar surface area (TPSA) is 136 Å². The van der Waals surface area contributed by atoms with Crippen molar-refractivity contribution in [2.24, 2.45) is 0 Å². The maximum Gasteiger partial charge on any atom is 0.128 e. The molecule has 0 rings (SSSR count). The molecule has 2 unspecified atom stereocenters. The van der Waals surface area contributed by atoms with E-state index in [-0.39, 0.29) is 12.8 Å². The highest BCUT2D eigenvalue weighted by Gasteiger charge is 2.14. The largest absolute Gasteiger partial charge is 0.544 e. The second-order valence-electron chi connectivity index (χ2n) is 3.19. The van der Waals surface area contributed by atoms with Crippen LogP contribution < -0.4 is 21.7 Å². The summed E-state index contributed by atoms with van der Waals surface area (Å²) in [6.07, 6.45) is 0.198. The number of carbonyl (C=O) groups excluding carboxylic acids is 2. The fourth-order valence-electron chi connectivity index (χ4n) is 0.947. The van der Waals surface area contributed by atoms with Crippen LogP contribution in [0.1, 0.15) is 12.8 Å². The number of aliphatic carboxylic acids is 2. The van der Waals surface area contributed by atoms with Gasteiger partial charge in [-0.2, -0.15) is 0 Å². The normalized spacial score (nSPS) is 14.4. The number of rotatable bonds is 6. The van der Waals surface area contributed by atoms with Gasteiger partial charge in [0.05, 0.1) is 11.9 Å². The highest BCUT2D eigenvalue weighted by Crippen LogP contribution is 2.06. The van der Waals surface area contributed by atoms with Crippen molar-refractivity contribution in [1.82, 2.24) is 0 Å². The summed E-state index contributed by atoms with van der Waals surface area (Å²) in [7, 11) is 0. The number of quaternary nitrogens is 2. The van der Waals surface area contributed by atoms with E-state index < -0.39 is 24.0 Å². The molecule has 6 heteroatoms. The summed E-state index contributed by atoms with van der Waals surface area (Å²) in [5, 5.41) is 20.6. The molecule has 0 aromatic rings. The summed E-state index contributed by atoms with van der Waals surface area (Å²) in [5.74, 6) is -2.56. The van der Waals surface area contributed by atoms with E-state index in [1.54, 1.807) is 0 Å². The summed E-state index contributed by atoms with van der Waals surface area (Å²) in [4.78, 5) is 20.6. The quantitative estimate of drug-likeness (QED) is 0.417. The van der Waals surface area contributed by atoms with Gasteiger partial charge in [-0.05, 0) is 0 Å². The molecule has 6 nitrogen and oxygen atoms in total. The number of carboxylic acid groups (broad SMARTS) is 2. The molecule has 0 spiro atoms. The van der Waals surface area contributed by atoms with Gasteiger partial charge in [-0.15, -0.1) is 0 Å². The number of hydrogen-bond donors (Lipinski definition) is 2. The van der Waals surface area contributed by atoms with E-state index in [1.165, 1.54) is 0 Å². The van der Waals surface area contributed by atoms with E-state index in [2.05, 4.69) is 18.0 Å². The summed E-state index contributed by atoms with van der Waals surface area (Å²) >= 11 is 0. The lowest BCUT2D eigenvalue weighted by Gasteiger charge is -2.14. The first kappa shape index (κ1) is 12.6. The van der Waals surface area contributed by atoms with Crippen LogP contribution in [0.15, 0.2) is 12.2 Å². The summed E-state index contributed by atoms with van der Waals surface area (Å²) in [6, 6.07) is -1.81. The third kappa shape index (κ3) is 4.58. The van der Waals surface area contributed by atoms with Crippen LogP contribution in [0.3, 0.4) is 0 Å². The van der Waals surface area contributed by atoms with E-state index in [4.69, 9.17) is 0 Å². The third-order valence-electron chi connectivity index (χ3n) is 1.74. The van der Waals surface area contributed by atoms with Crippen LogP contribution in [0.5, 0.6) is 0 Å². The Kier molecular flexibility index (Phi) is 4.82. The van der Waals surface area contributed by atoms with Gasteiger partial charge in [-0.3, -0.25) is 0 Å². The van der Waals surface area contributed by atoms with Gasteiger partial charge >= 0.3 is 0 Å². The standard InChI is InChI=1S/C8H14N2O4/c1-4(2-5(9)7(11)12)3-6(10)8(13)14/h5-6H,1-3,9-10H2,(H,11,12)(H,13,14). The molecule has 0 saturated carbocycles. The average Bonchev–Trinajstić information content (AvgIpc) is 2.03. The van der Waals surface area contributed by atoms with Gasteiger partial charge in [0, 0.05) is 12.8 Å². The van der Waals surface area contributed by atoms with E-state index >= 15 is 0 Å². The van der Waals surface area contributed by atoms with Crippen molar-refractivity contribution in [3.05, 3.63) is 12.2 Å². The zero-order chi connectivity index (χ0) is 11.3. The lowest BCUT2D eigenvalue weighted by atomic mass is 10.0. The predicted molar refractivity (Wildman–Crippen MR) is 41.7 cm³/mol. The van der Waals surface area contributed by atoms with Crippen LogP contribution in [-0.4, -0.2) is 24.0 Å². The van der Waals surface area contributed by atoms with Crippen molar-refractivity contribution >= 4 is 11.9 Å². The first-order valence-electron chi connectivity index (χ1n) is 4.09. The Balaban J connectivity index is 3.99. The van der Waals surface area contributed by atoms with E-state index in [0.29, 0.717) is 5.57 Å². The second kappa shape index (κ2) is 5.36. The molecule has 0 aliphatic heterocycles. The van der Waals surface area contributed by atoms with Crippen LogP contribution in [-0.2, 0) is 9.59 Å². The molecule has 2 atom stereocenters. The summed E-state index contributed by atoms with van der Waals surface area (Å²) in [5.41, 5.74) is 7.12. The maximum absolute atomic E-state index is 10.3. The van der Waals surface area contributed by atoms with Gasteiger partial charge in [0.2, 0.25) is 0 Å². The number of carboxylic acids is 2. The minimum absolute atomic E-state index is 0.0988. The fraction of sp³-hybridized carbons (Fsp3) is 0.500. The average molecular weight is 202 g/mol. The summed E-state index contributed by atoms with van der Waals surface area (Å²) < 4.78 is 0. The van der Waals surface area contributed by atoms with Crippen LogP contribution in [0, 0.1) is 0 Å². The zero-order valence-electron chi connectivity index (χ0n) is 7.82. The predicted octanol–water partition coefficient (Wildman–Crippen LogP) is -4.96. The van der Waals surface area contributed by atoms with Crippen LogP contribution in [0.25, 0.3) is 0 Å². The molecule has 0 amide bonds. The van der Waals surface area contributed by atoms with Crippen molar-refractivity contribution in [3.63, 3.8) is 0 Å². The molecule has 0 aromatic carbocycles. The molecule has 0 bridgehead atoms. The van der Waals surface area contributed by atoms with Crippen LogP contribution in [0.4, 0.5) is 0 Å². The first-order valence-corrected chi connectivity index (χ1v) is 4.09. The van der Waals surface area contributed by atoms with Crippen molar-refractivity contribution in [2.45, 2.75) is 24.9 Å². The molecule has 0 heterocycles. The Labute approximate surface area is 81.2 Å². The zero-order valence-corrected chi connectivity index (χ0v) is 7.82. The van der Waals surface area contributed by atoms with Gasteiger partial charge in [0.1, 0.15) is 12.1 Å². The minimum Gasteiger partial charge on any atom is -0.544 e. The van der Waals surface area contributed by atoms with Gasteiger partial charge in [0.15, 0.2) is 0 Å². The molecule has 0 aliphatic carbocycles. The van der Waals surface area contributed by atoms with Gasteiger partial charge in [0.25, 0.3) is 0 Å². The molecular weight excluding hydrogens is 188 g/mol. The molecule has 14 heavy (non-hydrogen) atoms. The lowest BCUT2D eigenvalue weighted by Crippen LogP contribution is -2.69. The Morgan fingerprint density at radius 3 is 1.57 bits per heavy atom. The SMILES string of the molecule is C=C(CC([NH3+])C(=O)[O-])CC([NH3+])C(=O)[O-]. The third-order valence-corrected chi connectivity index (χ3v) is 1.74. The first-order chi connectivity index (χ1) is 6.34. The highest BCUT2D eigenvalue weighted by molar-refractivity contribution is 5.70. The number of carbonyl (C=O) groups is 2. The molecule has 0 aromatic heterocycles. The summed E-state index contributed by atoms with van der Waals surface area (Å²) in [6.45, 7) is 3.54. The van der Waals surface area contributed by atoms with Crippen molar-refractivity contribution in [2.75, 3.05) is 0 Å². The van der Waals surface area contributed by atoms with E-state index in [9.17, 15) is 19.8 Å². The maximum atomic E-state index is 10.3. The van der Waals surface area contributed by atoms with Crippen molar-refractivity contribution in [3.8, 4) is 0 Å². The second-order valence-corrected chi connectivity index (χ2v) is 3.19. The fourth-order valence-corrected chi connectivity index (χ4v) is 0.947. The Morgan fingerprint density at radius 1 is 1.07 bits per heavy atom. The molecule has 80 valence electrons. The Hall–Kier alpha value is -1.40. The van der Waals surface area contributed by atoms with Crippen molar-refractivity contribution < 1.29 is 31.3 Å². The minimum atomic E-state index is -1.28. The van der Waals surface area contributed by atoms with Crippen LogP contribution >= 0.6 is 0 Å². The molecule has 6 N–H and O–H groups in total. The van der Waals surface area contributed by atoms with Crippen LogP contribution in [0.2, 0.25) is 0 Å². The van der Waals surface area contributed by atoms with E-state index in [1.807, 2.05) is 0 Å². The van der Waals surface area contributed by atoms with Gasteiger partial charge in [-0.25, -0.2) is 0 Å². The van der Waals surface area contributed by atoms with Gasteiger partial charge < -0.3 is 31.3 Å². The molecular formula is C8H14N2O4. The lowest BCUT2D eigenvalue weighted by molar-refractivity contribution is -0.441.